The largest absolute Gasteiger partial charge is 0.443 e. The molecule has 1 aromatic heterocycles. The Labute approximate surface area is 102 Å². The predicted octanol–water partition coefficient (Wildman–Crippen LogP) is 2.17. The summed E-state index contributed by atoms with van der Waals surface area (Å²) in [6.07, 6.45) is 1.21. The number of rotatable bonds is 3. The summed E-state index contributed by atoms with van der Waals surface area (Å²) in [4.78, 5) is 15.6. The molecule has 0 spiro atoms. The lowest BCUT2D eigenvalue weighted by Gasteiger charge is -2.21. The normalized spacial score (nSPS) is 12.9. The summed E-state index contributed by atoms with van der Waals surface area (Å²) in [7, 11) is 0. The van der Waals surface area contributed by atoms with Crippen molar-refractivity contribution >= 4 is 6.09 Å². The first kappa shape index (κ1) is 13.4. The number of amides is 1. The Balaban J connectivity index is 2.39. The topological polar surface area (TPSA) is 63.2 Å². The average Bonchev–Trinajstić information content (AvgIpc) is 2.25. The summed E-state index contributed by atoms with van der Waals surface area (Å²) in [6.45, 7) is 7.35. The van der Waals surface area contributed by atoms with E-state index in [0.29, 0.717) is 0 Å². The monoisotopic (exact) mass is 237 g/mol. The minimum Gasteiger partial charge on any atom is -0.443 e. The third kappa shape index (κ3) is 5.31. The van der Waals surface area contributed by atoms with Gasteiger partial charge < -0.3 is 4.74 Å². The van der Waals surface area contributed by atoms with Crippen LogP contribution >= 0.6 is 0 Å². The number of carbonyl (C=O) groups excluding carboxylic acids is 1. The summed E-state index contributed by atoms with van der Waals surface area (Å²) in [5.74, 6) is 0. The van der Waals surface area contributed by atoms with Crippen LogP contribution in [0.3, 0.4) is 0 Å². The van der Waals surface area contributed by atoms with Gasteiger partial charge in [0.05, 0.1) is 11.7 Å². The van der Waals surface area contributed by atoms with Gasteiger partial charge in [0.2, 0.25) is 0 Å². The summed E-state index contributed by atoms with van der Waals surface area (Å²) in [5, 5.41) is 0. The molecule has 17 heavy (non-hydrogen) atoms. The first-order valence-corrected chi connectivity index (χ1v) is 5.54. The zero-order valence-electron chi connectivity index (χ0n) is 10.7. The SMILES string of the molecule is CC(NNC(=O)OC(C)(C)C)c1ccccn1. The molecule has 5 nitrogen and oxygen atoms in total. The quantitative estimate of drug-likeness (QED) is 0.791. The van der Waals surface area contributed by atoms with E-state index in [1.165, 1.54) is 0 Å². The Morgan fingerprint density at radius 1 is 1.41 bits per heavy atom. The predicted molar refractivity (Wildman–Crippen MR) is 65.2 cm³/mol. The highest BCUT2D eigenvalue weighted by atomic mass is 16.6. The number of aromatic nitrogens is 1. The minimum absolute atomic E-state index is 0.0799. The first-order chi connectivity index (χ1) is 7.88. The van der Waals surface area contributed by atoms with Gasteiger partial charge in [-0.05, 0) is 39.8 Å². The number of nitrogens with zero attached hydrogens (tertiary/aromatic N) is 1. The lowest BCUT2D eigenvalue weighted by molar-refractivity contribution is 0.0489. The van der Waals surface area contributed by atoms with Gasteiger partial charge in [-0.25, -0.2) is 10.2 Å². The van der Waals surface area contributed by atoms with Crippen LogP contribution in [0.1, 0.15) is 39.4 Å². The molecule has 0 aliphatic heterocycles. The highest BCUT2D eigenvalue weighted by Crippen LogP contribution is 2.08. The minimum atomic E-state index is -0.500. The molecule has 1 amide bonds. The third-order valence-electron chi connectivity index (χ3n) is 1.92. The maximum absolute atomic E-state index is 11.4. The van der Waals surface area contributed by atoms with Crippen molar-refractivity contribution in [1.82, 2.24) is 15.8 Å². The molecule has 1 rings (SSSR count). The van der Waals surface area contributed by atoms with Crippen molar-refractivity contribution in [1.29, 1.82) is 0 Å². The number of hydrogen-bond acceptors (Lipinski definition) is 4. The lowest BCUT2D eigenvalue weighted by atomic mass is 10.2. The van der Waals surface area contributed by atoms with Crippen LogP contribution in [0.15, 0.2) is 24.4 Å². The Hall–Kier alpha value is -1.62. The van der Waals surface area contributed by atoms with Crippen molar-refractivity contribution in [3.8, 4) is 0 Å². The molecule has 2 N–H and O–H groups in total. The fourth-order valence-electron chi connectivity index (χ4n) is 1.18. The molecule has 5 heteroatoms. The van der Waals surface area contributed by atoms with E-state index in [0.717, 1.165) is 5.69 Å². The molecule has 0 aliphatic rings. The summed E-state index contributed by atoms with van der Waals surface area (Å²) in [5.41, 5.74) is 5.67. The van der Waals surface area contributed by atoms with Gasteiger partial charge in [-0.3, -0.25) is 10.4 Å². The molecule has 0 bridgehead atoms. The van der Waals surface area contributed by atoms with Crippen molar-refractivity contribution in [2.45, 2.75) is 39.3 Å². The Bertz CT molecular complexity index is 360. The average molecular weight is 237 g/mol. The first-order valence-electron chi connectivity index (χ1n) is 5.54. The molecule has 1 unspecified atom stereocenters. The van der Waals surface area contributed by atoms with E-state index in [1.54, 1.807) is 6.20 Å². The van der Waals surface area contributed by atoms with Crippen LogP contribution in [0.25, 0.3) is 0 Å². The van der Waals surface area contributed by atoms with E-state index < -0.39 is 11.7 Å². The molecule has 1 atom stereocenters. The van der Waals surface area contributed by atoms with Gasteiger partial charge in [-0.15, -0.1) is 0 Å². The summed E-state index contributed by atoms with van der Waals surface area (Å²) < 4.78 is 5.09. The molecular weight excluding hydrogens is 218 g/mol. The van der Waals surface area contributed by atoms with Gasteiger partial charge in [0, 0.05) is 6.20 Å². The summed E-state index contributed by atoms with van der Waals surface area (Å²) >= 11 is 0. The van der Waals surface area contributed by atoms with E-state index in [4.69, 9.17) is 4.74 Å². The standard InChI is InChI=1S/C12H19N3O2/c1-9(10-7-5-6-8-13-10)14-15-11(16)17-12(2,3)4/h5-9,14H,1-4H3,(H,15,16). The maximum atomic E-state index is 11.4. The van der Waals surface area contributed by atoms with Crippen molar-refractivity contribution < 1.29 is 9.53 Å². The molecule has 1 aromatic rings. The Kier molecular flexibility index (Phi) is 4.45. The fourth-order valence-corrected chi connectivity index (χ4v) is 1.18. The molecule has 0 aromatic carbocycles. The van der Waals surface area contributed by atoms with E-state index >= 15 is 0 Å². The number of pyridine rings is 1. The third-order valence-corrected chi connectivity index (χ3v) is 1.92. The number of hydrogen-bond donors (Lipinski definition) is 2. The summed E-state index contributed by atoms with van der Waals surface area (Å²) in [6, 6.07) is 5.55. The molecule has 0 radical (unpaired) electrons. The zero-order valence-corrected chi connectivity index (χ0v) is 10.7. The van der Waals surface area contributed by atoms with Gasteiger partial charge in [0.15, 0.2) is 0 Å². The molecule has 94 valence electrons. The van der Waals surface area contributed by atoms with Crippen LogP contribution in [0.5, 0.6) is 0 Å². The highest BCUT2D eigenvalue weighted by Gasteiger charge is 2.16. The fraction of sp³-hybridized carbons (Fsp3) is 0.500. The molecule has 0 aliphatic carbocycles. The number of nitrogens with one attached hydrogen (secondary N) is 2. The van der Waals surface area contributed by atoms with E-state index in [1.807, 2.05) is 45.9 Å². The van der Waals surface area contributed by atoms with Gasteiger partial charge in [0.25, 0.3) is 0 Å². The zero-order chi connectivity index (χ0) is 12.9. The second kappa shape index (κ2) is 5.63. The van der Waals surface area contributed by atoms with Crippen LogP contribution in [0, 0.1) is 0 Å². The van der Waals surface area contributed by atoms with Gasteiger partial charge >= 0.3 is 6.09 Å². The van der Waals surface area contributed by atoms with Crippen LogP contribution in [0.2, 0.25) is 0 Å². The van der Waals surface area contributed by atoms with Gasteiger partial charge in [0.1, 0.15) is 5.60 Å². The maximum Gasteiger partial charge on any atom is 0.422 e. The lowest BCUT2D eigenvalue weighted by Crippen LogP contribution is -2.42. The smallest absolute Gasteiger partial charge is 0.422 e. The highest BCUT2D eigenvalue weighted by molar-refractivity contribution is 5.67. The van der Waals surface area contributed by atoms with E-state index in [-0.39, 0.29) is 6.04 Å². The molecule has 1 heterocycles. The Morgan fingerprint density at radius 3 is 2.65 bits per heavy atom. The Morgan fingerprint density at radius 2 is 2.12 bits per heavy atom. The van der Waals surface area contributed by atoms with Crippen molar-refractivity contribution in [3.05, 3.63) is 30.1 Å². The van der Waals surface area contributed by atoms with E-state index in [9.17, 15) is 4.79 Å². The molecular formula is C12H19N3O2. The molecule has 0 fully saturated rings. The molecule has 0 saturated heterocycles. The van der Waals surface area contributed by atoms with Crippen molar-refractivity contribution in [3.63, 3.8) is 0 Å². The van der Waals surface area contributed by atoms with Crippen LogP contribution in [0.4, 0.5) is 4.79 Å². The van der Waals surface area contributed by atoms with E-state index in [2.05, 4.69) is 15.8 Å². The molecule has 0 saturated carbocycles. The van der Waals surface area contributed by atoms with Crippen molar-refractivity contribution in [2.24, 2.45) is 0 Å². The van der Waals surface area contributed by atoms with Crippen LogP contribution in [-0.2, 0) is 4.74 Å². The van der Waals surface area contributed by atoms with Crippen LogP contribution < -0.4 is 10.9 Å². The van der Waals surface area contributed by atoms with Crippen LogP contribution in [-0.4, -0.2) is 16.7 Å². The van der Waals surface area contributed by atoms with Gasteiger partial charge in [-0.2, -0.15) is 0 Å². The number of hydrazine groups is 1. The number of carbonyl (C=O) groups is 1. The second-order valence-corrected chi connectivity index (χ2v) is 4.75. The van der Waals surface area contributed by atoms with Gasteiger partial charge in [-0.1, -0.05) is 6.07 Å². The number of ether oxygens (including phenoxy) is 1. The second-order valence-electron chi connectivity index (χ2n) is 4.75. The van der Waals surface area contributed by atoms with Crippen molar-refractivity contribution in [2.75, 3.05) is 0 Å².